The van der Waals surface area contributed by atoms with Crippen molar-refractivity contribution in [3.8, 4) is 5.75 Å². The van der Waals surface area contributed by atoms with Crippen molar-refractivity contribution in [1.82, 2.24) is 9.80 Å². The number of ether oxygens (including phenoxy) is 1. The van der Waals surface area contributed by atoms with Crippen LogP contribution in [0, 0.1) is 5.82 Å². The number of fused-ring (bicyclic) bond motifs is 1. The van der Waals surface area contributed by atoms with Crippen LogP contribution in [0.1, 0.15) is 65.5 Å². The van der Waals surface area contributed by atoms with Crippen molar-refractivity contribution in [2.24, 2.45) is 0 Å². The Balaban J connectivity index is 1.50. The van der Waals surface area contributed by atoms with Crippen LogP contribution >= 0.6 is 11.3 Å². The summed E-state index contributed by atoms with van der Waals surface area (Å²) in [6.07, 6.45) is 1.48. The van der Waals surface area contributed by atoms with Gasteiger partial charge in [0.15, 0.2) is 0 Å². The maximum atomic E-state index is 13.7. The molecule has 2 heterocycles. The third kappa shape index (κ3) is 5.95. The first kappa shape index (κ1) is 25.9. The summed E-state index contributed by atoms with van der Waals surface area (Å²) in [7, 11) is 0. The summed E-state index contributed by atoms with van der Waals surface area (Å²) in [5, 5.41) is 2.06. The molecule has 190 valence electrons. The Hall–Kier alpha value is -3.19. The van der Waals surface area contributed by atoms with Crippen molar-refractivity contribution in [2.45, 2.75) is 45.6 Å². The van der Waals surface area contributed by atoms with Gasteiger partial charge in [-0.1, -0.05) is 39.0 Å². The number of carbonyl (C=O) groups is 2. The summed E-state index contributed by atoms with van der Waals surface area (Å²) < 4.78 is 19.9. The minimum atomic E-state index is -0.469. The fourth-order valence-corrected chi connectivity index (χ4v) is 5.51. The first-order valence-electron chi connectivity index (χ1n) is 12.5. The molecule has 5 nitrogen and oxygen atoms in total. The lowest BCUT2D eigenvalue weighted by Gasteiger charge is -2.37. The fourth-order valence-electron chi connectivity index (χ4n) is 4.58. The van der Waals surface area contributed by atoms with Crippen molar-refractivity contribution in [3.05, 3.63) is 87.4 Å². The molecule has 7 heteroatoms. The highest BCUT2D eigenvalue weighted by molar-refractivity contribution is 7.10. The van der Waals surface area contributed by atoms with E-state index in [9.17, 15) is 14.0 Å². The van der Waals surface area contributed by atoms with Crippen LogP contribution in [0.2, 0.25) is 0 Å². The van der Waals surface area contributed by atoms with Crippen LogP contribution in [-0.2, 0) is 11.2 Å². The summed E-state index contributed by atoms with van der Waals surface area (Å²) in [4.78, 5) is 31.3. The van der Waals surface area contributed by atoms with Crippen LogP contribution in [0.5, 0.6) is 5.75 Å². The number of carbonyl (C=O) groups excluding carboxylic acids is 2. The largest absolute Gasteiger partial charge is 0.491 e. The molecule has 4 rings (SSSR count). The van der Waals surface area contributed by atoms with Crippen LogP contribution in [0.3, 0.4) is 0 Å². The van der Waals surface area contributed by atoms with Gasteiger partial charge in [-0.3, -0.25) is 9.59 Å². The Morgan fingerprint density at radius 3 is 2.64 bits per heavy atom. The van der Waals surface area contributed by atoms with E-state index in [0.29, 0.717) is 32.0 Å². The Labute approximate surface area is 216 Å². The highest BCUT2D eigenvalue weighted by Gasteiger charge is 2.33. The first-order chi connectivity index (χ1) is 17.4. The van der Waals surface area contributed by atoms with Crippen molar-refractivity contribution in [2.75, 3.05) is 26.2 Å². The Bertz CT molecular complexity index is 1190. The second-order valence-corrected chi connectivity index (χ2v) is 10.4. The number of hydrogen-bond acceptors (Lipinski definition) is 4. The van der Waals surface area contributed by atoms with E-state index in [0.717, 1.165) is 17.7 Å². The van der Waals surface area contributed by atoms with E-state index < -0.39 is 5.82 Å². The standard InChI is InChI=1S/C29H33FN2O3S/c1-4-14-31(29(34)22-6-5-7-23(30)17-22)18-28(33)32-15-12-27-25(13-16-36-27)26(32)19-35-24-10-8-21(9-11-24)20(2)3/h5-11,13,16-17,20,26H,4,12,14-15,18-19H2,1-3H3. The molecule has 1 aliphatic rings. The number of hydrogen-bond donors (Lipinski definition) is 0. The minimum absolute atomic E-state index is 0.0533. The highest BCUT2D eigenvalue weighted by Crippen LogP contribution is 2.34. The maximum Gasteiger partial charge on any atom is 0.254 e. The number of benzene rings is 2. The van der Waals surface area contributed by atoms with E-state index in [1.165, 1.54) is 33.5 Å². The smallest absolute Gasteiger partial charge is 0.254 e. The van der Waals surface area contributed by atoms with Crippen molar-refractivity contribution in [1.29, 1.82) is 0 Å². The number of rotatable bonds is 9. The topological polar surface area (TPSA) is 49.9 Å². The normalized spacial score (nSPS) is 15.0. The summed E-state index contributed by atoms with van der Waals surface area (Å²) >= 11 is 1.70. The Morgan fingerprint density at radius 1 is 1.17 bits per heavy atom. The van der Waals surface area contributed by atoms with E-state index in [4.69, 9.17) is 4.74 Å². The number of halogens is 1. The molecule has 0 radical (unpaired) electrons. The zero-order chi connectivity index (χ0) is 25.7. The average molecular weight is 509 g/mol. The number of thiophene rings is 1. The molecule has 2 amide bonds. The third-order valence-electron chi connectivity index (χ3n) is 6.55. The average Bonchev–Trinajstić information content (AvgIpc) is 3.36. The van der Waals surface area contributed by atoms with Gasteiger partial charge in [0, 0.05) is 23.5 Å². The molecule has 3 aromatic rings. The van der Waals surface area contributed by atoms with Gasteiger partial charge >= 0.3 is 0 Å². The van der Waals surface area contributed by atoms with Gasteiger partial charge in [-0.2, -0.15) is 0 Å². The molecule has 0 saturated carbocycles. The van der Waals surface area contributed by atoms with Gasteiger partial charge in [-0.25, -0.2) is 4.39 Å². The lowest BCUT2D eigenvalue weighted by molar-refractivity contribution is -0.135. The molecule has 0 saturated heterocycles. The van der Waals surface area contributed by atoms with Gasteiger partial charge in [-0.05, 0) is 71.7 Å². The monoisotopic (exact) mass is 508 g/mol. The molecule has 0 fully saturated rings. The van der Waals surface area contributed by atoms with Gasteiger partial charge in [0.25, 0.3) is 5.91 Å². The molecule has 1 aliphatic heterocycles. The molecule has 0 N–H and O–H groups in total. The molecule has 2 aromatic carbocycles. The molecule has 0 spiro atoms. The minimum Gasteiger partial charge on any atom is -0.491 e. The van der Waals surface area contributed by atoms with Crippen LogP contribution < -0.4 is 4.74 Å². The zero-order valence-electron chi connectivity index (χ0n) is 21.1. The van der Waals surface area contributed by atoms with E-state index in [-0.39, 0.29) is 30.0 Å². The van der Waals surface area contributed by atoms with Gasteiger partial charge < -0.3 is 14.5 Å². The maximum absolute atomic E-state index is 13.7. The Morgan fingerprint density at radius 2 is 1.94 bits per heavy atom. The SMILES string of the molecule is CCCN(CC(=O)N1CCc2sccc2C1COc1ccc(C(C)C)cc1)C(=O)c1cccc(F)c1. The van der Waals surface area contributed by atoms with Crippen LogP contribution in [0.15, 0.2) is 60.0 Å². The number of nitrogens with zero attached hydrogens (tertiary/aromatic N) is 2. The van der Waals surface area contributed by atoms with Crippen molar-refractivity contribution < 1.29 is 18.7 Å². The van der Waals surface area contributed by atoms with Crippen molar-refractivity contribution >= 4 is 23.2 Å². The van der Waals surface area contributed by atoms with Gasteiger partial charge in [-0.15, -0.1) is 11.3 Å². The van der Waals surface area contributed by atoms with Gasteiger partial charge in [0.1, 0.15) is 24.7 Å². The molecular formula is C29H33FN2O3S. The molecule has 1 aromatic heterocycles. The quantitative estimate of drug-likeness (QED) is 0.353. The van der Waals surface area contributed by atoms with Gasteiger partial charge in [0.2, 0.25) is 5.91 Å². The third-order valence-corrected chi connectivity index (χ3v) is 7.54. The summed E-state index contributed by atoms with van der Waals surface area (Å²) in [5.41, 5.74) is 2.60. The van der Waals surface area contributed by atoms with Crippen LogP contribution in [0.4, 0.5) is 4.39 Å². The molecule has 1 unspecified atom stereocenters. The summed E-state index contributed by atoms with van der Waals surface area (Å²) in [5.74, 6) is 0.274. The number of amides is 2. The lowest BCUT2D eigenvalue weighted by atomic mass is 10.00. The lowest BCUT2D eigenvalue weighted by Crippen LogP contribution is -2.48. The second kappa shape index (κ2) is 11.7. The second-order valence-electron chi connectivity index (χ2n) is 9.42. The molecule has 1 atom stereocenters. The highest BCUT2D eigenvalue weighted by atomic mass is 32.1. The molecule has 0 bridgehead atoms. The van der Waals surface area contributed by atoms with E-state index >= 15 is 0 Å². The predicted octanol–water partition coefficient (Wildman–Crippen LogP) is 6.07. The molecule has 36 heavy (non-hydrogen) atoms. The van der Waals surface area contributed by atoms with Gasteiger partial charge in [0.05, 0.1) is 6.04 Å². The Kier molecular flexibility index (Phi) is 8.41. The summed E-state index contributed by atoms with van der Waals surface area (Å²) in [6, 6.07) is 15.5. The zero-order valence-corrected chi connectivity index (χ0v) is 21.9. The molecular weight excluding hydrogens is 475 g/mol. The van der Waals surface area contributed by atoms with E-state index in [1.807, 2.05) is 24.0 Å². The fraction of sp³-hybridized carbons (Fsp3) is 0.379. The van der Waals surface area contributed by atoms with E-state index in [2.05, 4.69) is 37.4 Å². The predicted molar refractivity (Wildman–Crippen MR) is 141 cm³/mol. The molecule has 0 aliphatic carbocycles. The van der Waals surface area contributed by atoms with E-state index in [1.54, 1.807) is 17.4 Å². The van der Waals surface area contributed by atoms with Crippen molar-refractivity contribution in [3.63, 3.8) is 0 Å². The van der Waals surface area contributed by atoms with Crippen LogP contribution in [-0.4, -0.2) is 47.9 Å². The summed E-state index contributed by atoms with van der Waals surface area (Å²) in [6.45, 7) is 7.53. The van der Waals surface area contributed by atoms with Crippen LogP contribution in [0.25, 0.3) is 0 Å². The first-order valence-corrected chi connectivity index (χ1v) is 13.4.